The number of nitriles is 1. The molecular formula is C16H11BrClN3O5. The first-order chi connectivity index (χ1) is 12.1. The first-order valence-electron chi connectivity index (χ1n) is 7.00. The number of nitro groups is 1. The van der Waals surface area contributed by atoms with Crippen molar-refractivity contribution in [1.82, 2.24) is 0 Å². The van der Waals surface area contributed by atoms with Crippen LogP contribution in [0.3, 0.4) is 0 Å². The average molecular weight is 441 g/mol. The van der Waals surface area contributed by atoms with E-state index in [1.165, 1.54) is 13.0 Å². The molecule has 0 bridgehead atoms. The highest BCUT2D eigenvalue weighted by molar-refractivity contribution is 9.10. The van der Waals surface area contributed by atoms with Crippen LogP contribution >= 0.6 is 27.5 Å². The van der Waals surface area contributed by atoms with E-state index in [4.69, 9.17) is 11.6 Å². The number of aromatic nitrogens is 1. The molecule has 0 saturated carbocycles. The molecule has 0 aliphatic rings. The van der Waals surface area contributed by atoms with Gasteiger partial charge in [-0.1, -0.05) is 11.6 Å². The number of allylic oxidation sites excluding steroid dienone is 1. The van der Waals surface area contributed by atoms with Gasteiger partial charge in [-0.2, -0.15) is 9.99 Å². The van der Waals surface area contributed by atoms with Crippen LogP contribution in [0.15, 0.2) is 16.7 Å². The van der Waals surface area contributed by atoms with Gasteiger partial charge in [0, 0.05) is 34.5 Å². The number of nitrogens with zero attached hydrogens (tertiary/aromatic N) is 3. The Labute approximate surface area is 161 Å². The Bertz CT molecular complexity index is 985. The molecule has 0 aliphatic carbocycles. The summed E-state index contributed by atoms with van der Waals surface area (Å²) in [6.45, 7) is 3.19. The van der Waals surface area contributed by atoms with Crippen molar-refractivity contribution in [3.05, 3.63) is 59.5 Å². The predicted molar refractivity (Wildman–Crippen MR) is 97.5 cm³/mol. The number of phenolic OH excluding ortho intramolecular Hbond substituents is 2. The molecule has 0 spiro atoms. The van der Waals surface area contributed by atoms with E-state index < -0.39 is 22.1 Å². The van der Waals surface area contributed by atoms with Crippen molar-refractivity contribution in [2.24, 2.45) is 0 Å². The molecule has 134 valence electrons. The van der Waals surface area contributed by atoms with Crippen LogP contribution in [0.4, 0.5) is 5.69 Å². The second-order valence-electron chi connectivity index (χ2n) is 5.31. The van der Waals surface area contributed by atoms with Crippen LogP contribution in [0.1, 0.15) is 22.4 Å². The molecule has 26 heavy (non-hydrogen) atoms. The summed E-state index contributed by atoms with van der Waals surface area (Å²) in [5.74, 6) is -1.64. The Morgan fingerprint density at radius 1 is 1.42 bits per heavy atom. The molecule has 0 saturated heterocycles. The summed E-state index contributed by atoms with van der Waals surface area (Å²) >= 11 is 9.28. The fourth-order valence-electron chi connectivity index (χ4n) is 2.28. The molecule has 2 N–H and O–H groups in total. The van der Waals surface area contributed by atoms with Gasteiger partial charge in [0.15, 0.2) is 5.75 Å². The summed E-state index contributed by atoms with van der Waals surface area (Å²) in [5.41, 5.74) is 0.264. The quantitative estimate of drug-likeness (QED) is 0.142. The Hall–Kier alpha value is -2.83. The molecule has 10 heteroatoms. The van der Waals surface area contributed by atoms with E-state index in [2.05, 4.69) is 15.9 Å². The fourth-order valence-corrected chi connectivity index (χ4v) is 3.14. The Balaban J connectivity index is 2.76. The fraction of sp³-hybridized carbons (Fsp3) is 0.125. The Kier molecular flexibility index (Phi) is 5.39. The largest absolute Gasteiger partial charge is 0.618 e. The smallest absolute Gasteiger partial charge is 0.315 e. The van der Waals surface area contributed by atoms with E-state index >= 15 is 0 Å². The molecule has 1 aromatic heterocycles. The highest BCUT2D eigenvalue weighted by Crippen LogP contribution is 2.38. The van der Waals surface area contributed by atoms with Crippen LogP contribution in [0, 0.1) is 40.5 Å². The van der Waals surface area contributed by atoms with Gasteiger partial charge in [0.05, 0.1) is 22.1 Å². The van der Waals surface area contributed by atoms with Crippen molar-refractivity contribution >= 4 is 44.9 Å². The van der Waals surface area contributed by atoms with Crippen LogP contribution in [0.5, 0.6) is 11.5 Å². The molecule has 1 aromatic carbocycles. The van der Waals surface area contributed by atoms with Crippen LogP contribution in [-0.4, -0.2) is 15.1 Å². The molecular weight excluding hydrogens is 430 g/mol. The third-order valence-electron chi connectivity index (χ3n) is 3.74. The number of phenols is 2. The summed E-state index contributed by atoms with van der Waals surface area (Å²) in [7, 11) is 0. The minimum atomic E-state index is -0.899. The van der Waals surface area contributed by atoms with Crippen LogP contribution in [0.25, 0.3) is 11.6 Å². The number of rotatable bonds is 3. The normalized spacial score (nSPS) is 11.3. The van der Waals surface area contributed by atoms with Crippen molar-refractivity contribution in [3.63, 3.8) is 0 Å². The van der Waals surface area contributed by atoms with Gasteiger partial charge in [-0.25, -0.2) is 0 Å². The first-order valence-corrected chi connectivity index (χ1v) is 8.17. The summed E-state index contributed by atoms with van der Waals surface area (Å²) in [6.07, 6.45) is 1.31. The van der Waals surface area contributed by atoms with Gasteiger partial charge in [-0.15, -0.1) is 0 Å². The lowest BCUT2D eigenvalue weighted by Gasteiger charge is -2.11. The summed E-state index contributed by atoms with van der Waals surface area (Å²) in [4.78, 5) is 10.1. The first kappa shape index (κ1) is 19.5. The van der Waals surface area contributed by atoms with E-state index in [0.717, 1.165) is 12.1 Å². The minimum Gasteiger partial charge on any atom is -0.618 e. The van der Waals surface area contributed by atoms with Crippen LogP contribution in [-0.2, 0) is 0 Å². The minimum absolute atomic E-state index is 0.00468. The highest BCUT2D eigenvalue weighted by Gasteiger charge is 2.23. The standard InChI is InChI=1S/C16H11BrClN3O5/c1-7-11(16(17)20(24)8(2)14(7)18)3-10(6-19)9-4-12(21(25)26)15(23)13(22)5-9/h3-5,22-23H,1-2H3/b10-3-. The second kappa shape index (κ2) is 7.19. The highest BCUT2D eigenvalue weighted by atomic mass is 79.9. The van der Waals surface area contributed by atoms with Gasteiger partial charge in [0.1, 0.15) is 5.02 Å². The molecule has 2 rings (SSSR count). The molecule has 1 heterocycles. The summed E-state index contributed by atoms with van der Waals surface area (Å²) in [5, 5.41) is 52.0. The van der Waals surface area contributed by atoms with E-state index in [1.807, 2.05) is 6.07 Å². The maximum absolute atomic E-state index is 12.1. The Morgan fingerprint density at radius 2 is 2.04 bits per heavy atom. The number of aromatic hydroxyl groups is 2. The number of halogens is 2. The molecule has 8 nitrogen and oxygen atoms in total. The molecule has 0 aliphatic heterocycles. The maximum Gasteiger partial charge on any atom is 0.315 e. The second-order valence-corrected chi connectivity index (χ2v) is 6.44. The van der Waals surface area contributed by atoms with Crippen molar-refractivity contribution in [2.75, 3.05) is 0 Å². The van der Waals surface area contributed by atoms with E-state index in [9.17, 15) is 30.8 Å². The zero-order valence-corrected chi connectivity index (χ0v) is 15.8. The summed E-state index contributed by atoms with van der Waals surface area (Å²) in [6, 6.07) is 3.83. The van der Waals surface area contributed by atoms with Gasteiger partial charge in [-0.3, -0.25) is 10.1 Å². The van der Waals surface area contributed by atoms with Crippen molar-refractivity contribution < 1.29 is 19.9 Å². The maximum atomic E-state index is 12.1. The number of hydrogen-bond acceptors (Lipinski definition) is 6. The molecule has 0 atom stereocenters. The van der Waals surface area contributed by atoms with Crippen molar-refractivity contribution in [1.29, 1.82) is 5.26 Å². The molecule has 0 radical (unpaired) electrons. The van der Waals surface area contributed by atoms with Gasteiger partial charge in [-0.05, 0) is 24.6 Å². The van der Waals surface area contributed by atoms with Gasteiger partial charge in [0.2, 0.25) is 11.4 Å². The lowest BCUT2D eigenvalue weighted by molar-refractivity contribution is -0.624. The number of pyridine rings is 1. The van der Waals surface area contributed by atoms with Crippen molar-refractivity contribution in [2.45, 2.75) is 13.8 Å². The monoisotopic (exact) mass is 439 g/mol. The zero-order valence-electron chi connectivity index (χ0n) is 13.4. The van der Waals surface area contributed by atoms with Crippen LogP contribution in [0.2, 0.25) is 5.02 Å². The van der Waals surface area contributed by atoms with Gasteiger partial charge >= 0.3 is 5.69 Å². The molecule has 0 fully saturated rings. The third kappa shape index (κ3) is 3.29. The SMILES string of the molecule is Cc1c(Cl)c(C)[n+]([O-])c(Br)c1/C=C(/C#N)c1cc(O)c(O)c([N+](=O)[O-])c1. The molecule has 0 unspecified atom stereocenters. The van der Waals surface area contributed by atoms with E-state index in [1.54, 1.807) is 6.92 Å². The van der Waals surface area contributed by atoms with Crippen LogP contribution < -0.4 is 4.73 Å². The lowest BCUT2D eigenvalue weighted by atomic mass is 10.0. The average Bonchev–Trinajstić information content (AvgIpc) is 2.60. The van der Waals surface area contributed by atoms with Gasteiger partial charge < -0.3 is 15.4 Å². The van der Waals surface area contributed by atoms with E-state index in [-0.39, 0.29) is 26.5 Å². The predicted octanol–water partition coefficient (Wildman–Crippen LogP) is 3.74. The zero-order chi connectivity index (χ0) is 19.8. The molecule has 2 aromatic rings. The van der Waals surface area contributed by atoms with Crippen molar-refractivity contribution in [3.8, 4) is 17.6 Å². The van der Waals surface area contributed by atoms with Gasteiger partial charge in [0.25, 0.3) is 4.60 Å². The molecule has 0 amide bonds. The third-order valence-corrected chi connectivity index (χ3v) is 5.05. The number of benzene rings is 1. The topological polar surface area (TPSA) is 134 Å². The summed E-state index contributed by atoms with van der Waals surface area (Å²) < 4.78 is 0.662. The Morgan fingerprint density at radius 3 is 2.58 bits per heavy atom. The number of nitro benzene ring substituents is 1. The van der Waals surface area contributed by atoms with E-state index in [0.29, 0.717) is 15.9 Å². The lowest BCUT2D eigenvalue weighted by Crippen LogP contribution is -2.33. The number of hydrogen-bond donors (Lipinski definition) is 2.